The van der Waals surface area contributed by atoms with Crippen LogP contribution < -0.4 is 5.32 Å². The molecule has 0 aliphatic heterocycles. The third kappa shape index (κ3) is 2.30. The first kappa shape index (κ1) is 9.19. The highest BCUT2D eigenvalue weighted by Crippen LogP contribution is 2.07. The third-order valence-electron chi connectivity index (χ3n) is 1.35. The molecule has 2 nitrogen and oxygen atoms in total. The first-order chi connectivity index (χ1) is 5.74. The van der Waals surface area contributed by atoms with Crippen LogP contribution in [0.1, 0.15) is 16.6 Å². The predicted molar refractivity (Wildman–Crippen MR) is 47.2 cm³/mol. The molecule has 12 heavy (non-hydrogen) atoms. The van der Waals surface area contributed by atoms with Gasteiger partial charge in [0.1, 0.15) is 6.67 Å². The van der Waals surface area contributed by atoms with E-state index in [1.165, 1.54) is 11.3 Å². The first-order valence-corrected chi connectivity index (χ1v) is 4.52. The molecule has 0 saturated carbocycles. The molecule has 4 heteroatoms. The van der Waals surface area contributed by atoms with Crippen molar-refractivity contribution >= 4 is 17.2 Å². The minimum atomic E-state index is -0.531. The van der Waals surface area contributed by atoms with Gasteiger partial charge in [0.05, 0.1) is 10.9 Å². The summed E-state index contributed by atoms with van der Waals surface area (Å²) in [5, 5.41) is 4.34. The molecule has 0 bridgehead atoms. The number of carbonyl (C=O) groups excluding carboxylic acids is 1. The summed E-state index contributed by atoms with van der Waals surface area (Å²) in [5.74, 6) is -0.199. The fraction of sp³-hybridized carbons (Fsp3) is 0.375. The Hall–Kier alpha value is -0.900. The van der Waals surface area contributed by atoms with E-state index in [1.54, 1.807) is 19.1 Å². The molecular formula is C8H10FNOS. The SMILES string of the molecule is C[C@@H](CF)NC(=O)c1cccs1. The molecule has 0 aliphatic rings. The largest absolute Gasteiger partial charge is 0.346 e. The van der Waals surface area contributed by atoms with E-state index in [9.17, 15) is 9.18 Å². The van der Waals surface area contributed by atoms with Crippen LogP contribution in [0.3, 0.4) is 0 Å². The Morgan fingerprint density at radius 3 is 3.08 bits per heavy atom. The molecule has 0 aliphatic carbocycles. The topological polar surface area (TPSA) is 29.1 Å². The van der Waals surface area contributed by atoms with Gasteiger partial charge in [-0.3, -0.25) is 4.79 Å². The van der Waals surface area contributed by atoms with Crippen molar-refractivity contribution in [1.82, 2.24) is 5.32 Å². The number of halogens is 1. The highest BCUT2D eigenvalue weighted by atomic mass is 32.1. The molecule has 1 aromatic heterocycles. The van der Waals surface area contributed by atoms with Crippen molar-refractivity contribution in [3.05, 3.63) is 22.4 Å². The molecular weight excluding hydrogens is 177 g/mol. The van der Waals surface area contributed by atoms with Crippen molar-refractivity contribution < 1.29 is 9.18 Å². The third-order valence-corrected chi connectivity index (χ3v) is 2.22. The van der Waals surface area contributed by atoms with Gasteiger partial charge in [-0.1, -0.05) is 6.07 Å². The van der Waals surface area contributed by atoms with E-state index in [0.29, 0.717) is 4.88 Å². The van der Waals surface area contributed by atoms with Gasteiger partial charge in [0.2, 0.25) is 0 Å². The van der Waals surface area contributed by atoms with E-state index in [-0.39, 0.29) is 5.91 Å². The minimum Gasteiger partial charge on any atom is -0.346 e. The van der Waals surface area contributed by atoms with Crippen LogP contribution in [0.15, 0.2) is 17.5 Å². The van der Waals surface area contributed by atoms with Gasteiger partial charge >= 0.3 is 0 Å². The van der Waals surface area contributed by atoms with E-state index >= 15 is 0 Å². The molecule has 66 valence electrons. The van der Waals surface area contributed by atoms with Crippen molar-refractivity contribution in [3.63, 3.8) is 0 Å². The molecule has 1 aromatic rings. The molecule has 1 rings (SSSR count). The number of thiophene rings is 1. The number of nitrogens with one attached hydrogen (secondary N) is 1. The first-order valence-electron chi connectivity index (χ1n) is 3.64. The molecule has 1 N–H and O–H groups in total. The number of carbonyl (C=O) groups is 1. The van der Waals surface area contributed by atoms with E-state index in [1.807, 2.05) is 5.38 Å². The second-order valence-electron chi connectivity index (χ2n) is 2.51. The van der Waals surface area contributed by atoms with Gasteiger partial charge in [-0.25, -0.2) is 4.39 Å². The van der Waals surface area contributed by atoms with Crippen molar-refractivity contribution in [1.29, 1.82) is 0 Å². The number of rotatable bonds is 3. The van der Waals surface area contributed by atoms with Crippen molar-refractivity contribution in [2.24, 2.45) is 0 Å². The molecule has 0 radical (unpaired) electrons. The van der Waals surface area contributed by atoms with Crippen LogP contribution in [-0.2, 0) is 0 Å². The summed E-state index contributed by atoms with van der Waals surface area (Å²) in [6, 6.07) is 3.10. The summed E-state index contributed by atoms with van der Waals surface area (Å²) in [6.07, 6.45) is 0. The van der Waals surface area contributed by atoms with E-state index in [0.717, 1.165) is 0 Å². The Balaban J connectivity index is 2.50. The minimum absolute atomic E-state index is 0.199. The summed E-state index contributed by atoms with van der Waals surface area (Å²) in [5.41, 5.74) is 0. The Kier molecular flexibility index (Phi) is 3.22. The van der Waals surface area contributed by atoms with Crippen LogP contribution in [0, 0.1) is 0 Å². The van der Waals surface area contributed by atoms with Crippen LogP contribution in [0.4, 0.5) is 4.39 Å². The summed E-state index contributed by atoms with van der Waals surface area (Å²) < 4.78 is 12.0. The fourth-order valence-corrected chi connectivity index (χ4v) is 1.37. The Morgan fingerprint density at radius 2 is 2.58 bits per heavy atom. The summed E-state index contributed by atoms with van der Waals surface area (Å²) in [4.78, 5) is 11.8. The maximum atomic E-state index is 12.0. The van der Waals surface area contributed by atoms with Gasteiger partial charge in [-0.05, 0) is 18.4 Å². The predicted octanol–water partition coefficient (Wildman–Crippen LogP) is 1.84. The maximum absolute atomic E-state index is 12.0. The van der Waals surface area contributed by atoms with Crippen molar-refractivity contribution in [2.75, 3.05) is 6.67 Å². The van der Waals surface area contributed by atoms with Gasteiger partial charge in [-0.2, -0.15) is 0 Å². The van der Waals surface area contributed by atoms with Gasteiger partial charge in [0, 0.05) is 0 Å². The quantitative estimate of drug-likeness (QED) is 0.768. The van der Waals surface area contributed by atoms with E-state index in [4.69, 9.17) is 0 Å². The second-order valence-corrected chi connectivity index (χ2v) is 3.45. The molecule has 1 heterocycles. The molecule has 0 fully saturated rings. The fourth-order valence-electron chi connectivity index (χ4n) is 0.741. The van der Waals surface area contributed by atoms with Gasteiger partial charge in [0.15, 0.2) is 0 Å². The molecule has 0 saturated heterocycles. The number of alkyl halides is 1. The Labute approximate surface area is 74.4 Å². The van der Waals surface area contributed by atoms with Crippen LogP contribution in [0.25, 0.3) is 0 Å². The molecule has 0 spiro atoms. The van der Waals surface area contributed by atoms with Crippen molar-refractivity contribution in [3.8, 4) is 0 Å². The summed E-state index contributed by atoms with van der Waals surface area (Å²) in [7, 11) is 0. The average Bonchev–Trinajstić information content (AvgIpc) is 2.56. The molecule has 1 atom stereocenters. The van der Waals surface area contributed by atoms with Crippen LogP contribution >= 0.6 is 11.3 Å². The van der Waals surface area contributed by atoms with Crippen LogP contribution in [0.2, 0.25) is 0 Å². The molecule has 0 aromatic carbocycles. The lowest BCUT2D eigenvalue weighted by Crippen LogP contribution is -2.33. The number of amides is 1. The Morgan fingerprint density at radius 1 is 1.83 bits per heavy atom. The average molecular weight is 187 g/mol. The van der Waals surface area contributed by atoms with Crippen LogP contribution in [-0.4, -0.2) is 18.6 Å². The standard InChI is InChI=1S/C8H10FNOS/c1-6(5-9)10-8(11)7-3-2-4-12-7/h2-4,6H,5H2,1H3,(H,10,11)/t6-/m0/s1. The maximum Gasteiger partial charge on any atom is 0.261 e. The normalized spacial score (nSPS) is 12.5. The lowest BCUT2D eigenvalue weighted by Gasteiger charge is -2.07. The highest BCUT2D eigenvalue weighted by Gasteiger charge is 2.09. The van der Waals surface area contributed by atoms with Crippen LogP contribution in [0.5, 0.6) is 0 Å². The van der Waals surface area contributed by atoms with Crippen molar-refractivity contribution in [2.45, 2.75) is 13.0 Å². The zero-order valence-electron chi connectivity index (χ0n) is 6.71. The lowest BCUT2D eigenvalue weighted by molar-refractivity contribution is 0.0938. The summed E-state index contributed by atoms with van der Waals surface area (Å²) in [6.45, 7) is 1.10. The van der Waals surface area contributed by atoms with Gasteiger partial charge in [-0.15, -0.1) is 11.3 Å². The Bertz CT molecular complexity index is 248. The second kappa shape index (κ2) is 4.21. The lowest BCUT2D eigenvalue weighted by atomic mass is 10.3. The monoisotopic (exact) mass is 187 g/mol. The molecule has 1 amide bonds. The summed E-state index contributed by atoms with van der Waals surface area (Å²) >= 11 is 1.35. The smallest absolute Gasteiger partial charge is 0.261 e. The zero-order chi connectivity index (χ0) is 8.97. The highest BCUT2D eigenvalue weighted by molar-refractivity contribution is 7.12. The van der Waals surface area contributed by atoms with Gasteiger partial charge < -0.3 is 5.32 Å². The van der Waals surface area contributed by atoms with E-state index < -0.39 is 12.7 Å². The number of hydrogen-bond donors (Lipinski definition) is 1. The van der Waals surface area contributed by atoms with Gasteiger partial charge in [0.25, 0.3) is 5.91 Å². The van der Waals surface area contributed by atoms with E-state index in [2.05, 4.69) is 5.32 Å². The zero-order valence-corrected chi connectivity index (χ0v) is 7.53. The molecule has 0 unspecified atom stereocenters. The number of hydrogen-bond acceptors (Lipinski definition) is 2.